The summed E-state index contributed by atoms with van der Waals surface area (Å²) < 4.78 is 43.2. The highest BCUT2D eigenvalue weighted by atomic mass is 127. The monoisotopic (exact) mass is 551 g/mol. The number of hydrogen-bond donors (Lipinski definition) is 3. The number of benzene rings is 2. The largest absolute Gasteiger partial charge is 0.385 e. The third kappa shape index (κ3) is 5.21. The van der Waals surface area contributed by atoms with Crippen LogP contribution in [0.2, 0.25) is 0 Å². The van der Waals surface area contributed by atoms with Crippen molar-refractivity contribution in [1.29, 1.82) is 0 Å². The van der Waals surface area contributed by atoms with Crippen molar-refractivity contribution in [2.75, 3.05) is 43.5 Å². The van der Waals surface area contributed by atoms with Crippen LogP contribution in [-0.2, 0) is 0 Å². The van der Waals surface area contributed by atoms with Gasteiger partial charge in [-0.1, -0.05) is 0 Å². The van der Waals surface area contributed by atoms with Crippen molar-refractivity contribution in [2.24, 2.45) is 0 Å². The van der Waals surface area contributed by atoms with Crippen molar-refractivity contribution in [2.45, 2.75) is 5.60 Å². The number of anilines is 2. The first-order chi connectivity index (χ1) is 14.2. The summed E-state index contributed by atoms with van der Waals surface area (Å²) in [7, 11) is 0. The van der Waals surface area contributed by atoms with Crippen molar-refractivity contribution in [3.05, 3.63) is 56.9 Å². The Morgan fingerprint density at radius 1 is 1.23 bits per heavy atom. The third-order valence-corrected chi connectivity index (χ3v) is 5.99. The van der Waals surface area contributed by atoms with Crippen molar-refractivity contribution in [3.63, 3.8) is 0 Å². The van der Waals surface area contributed by atoms with Gasteiger partial charge in [0.05, 0.1) is 30.0 Å². The van der Waals surface area contributed by atoms with E-state index in [-0.39, 0.29) is 24.3 Å². The molecule has 10 heteroatoms. The molecule has 0 spiro atoms. The summed E-state index contributed by atoms with van der Waals surface area (Å²) >= 11 is 3.61. The van der Waals surface area contributed by atoms with Crippen molar-refractivity contribution >= 4 is 51.6 Å². The summed E-state index contributed by atoms with van der Waals surface area (Å²) in [6.45, 7) is 1.19. The first kappa shape index (κ1) is 23.2. The number of aliphatic hydroxyl groups is 1. The highest BCUT2D eigenvalue weighted by Crippen LogP contribution is 2.31. The maximum absolute atomic E-state index is 14.5. The average Bonchev–Trinajstić information content (AvgIpc) is 2.68. The second-order valence-corrected chi connectivity index (χ2v) is 9.32. The zero-order valence-corrected chi connectivity index (χ0v) is 19.1. The molecule has 3 rings (SSSR count). The van der Waals surface area contributed by atoms with Crippen LogP contribution in [0.15, 0.2) is 30.3 Å². The lowest BCUT2D eigenvalue weighted by Gasteiger charge is -2.46. The van der Waals surface area contributed by atoms with E-state index in [2.05, 4.69) is 10.6 Å². The lowest BCUT2D eigenvalue weighted by molar-refractivity contribution is -0.0782. The summed E-state index contributed by atoms with van der Waals surface area (Å²) in [5, 5.41) is 16.1. The van der Waals surface area contributed by atoms with Gasteiger partial charge in [-0.3, -0.25) is 4.79 Å². The van der Waals surface area contributed by atoms with Gasteiger partial charge in [-0.25, -0.2) is 13.2 Å². The molecule has 1 aliphatic rings. The molecule has 1 heterocycles. The summed E-state index contributed by atoms with van der Waals surface area (Å²) in [5.74, 6) is -2.75. The molecule has 5 nitrogen and oxygen atoms in total. The van der Waals surface area contributed by atoms with E-state index in [0.29, 0.717) is 10.1 Å². The number of rotatable bonds is 8. The molecule has 0 aromatic heterocycles. The van der Waals surface area contributed by atoms with Crippen molar-refractivity contribution < 1.29 is 23.1 Å². The van der Waals surface area contributed by atoms with E-state index in [1.54, 1.807) is 17.8 Å². The van der Waals surface area contributed by atoms with Crippen molar-refractivity contribution in [1.82, 2.24) is 10.2 Å². The van der Waals surface area contributed by atoms with Crippen LogP contribution < -0.4 is 10.6 Å². The number of carbonyl (C=O) groups is 1. The van der Waals surface area contributed by atoms with Gasteiger partial charge in [0.1, 0.15) is 11.4 Å². The van der Waals surface area contributed by atoms with Gasteiger partial charge in [-0.05, 0) is 59.2 Å². The molecule has 0 aliphatic carbocycles. The molecular weight excluding hydrogens is 530 g/mol. The van der Waals surface area contributed by atoms with Crippen LogP contribution in [0, 0.1) is 21.0 Å². The number of β-amino-alcohol motifs (C(OH)–C–C–N with tert-alkyl or cyclic N) is 1. The Bertz CT molecular complexity index is 942. The molecule has 0 bridgehead atoms. The zero-order valence-electron chi connectivity index (χ0n) is 16.1. The quantitative estimate of drug-likeness (QED) is 0.346. The van der Waals surface area contributed by atoms with Gasteiger partial charge in [0, 0.05) is 22.4 Å². The van der Waals surface area contributed by atoms with Crippen LogP contribution in [-0.4, -0.2) is 59.7 Å². The maximum atomic E-state index is 14.5. The Labute approximate surface area is 190 Å². The van der Waals surface area contributed by atoms with E-state index < -0.39 is 34.6 Å². The summed E-state index contributed by atoms with van der Waals surface area (Å²) in [6, 6.07) is 6.24. The third-order valence-electron chi connectivity index (χ3n) is 4.71. The normalized spacial score (nSPS) is 15.1. The van der Waals surface area contributed by atoms with Gasteiger partial charge in [0.2, 0.25) is 0 Å². The molecule has 1 amide bonds. The van der Waals surface area contributed by atoms with Crippen LogP contribution in [0.5, 0.6) is 0 Å². The molecule has 30 heavy (non-hydrogen) atoms. The molecule has 162 valence electrons. The number of likely N-dealkylation sites (tertiary alicyclic amines) is 1. The van der Waals surface area contributed by atoms with Gasteiger partial charge >= 0.3 is 0 Å². The number of nitrogens with one attached hydrogen (secondary N) is 2. The molecule has 1 aliphatic heterocycles. The second-order valence-electron chi connectivity index (χ2n) is 7.09. The fourth-order valence-electron chi connectivity index (χ4n) is 3.16. The molecule has 1 fully saturated rings. The highest BCUT2D eigenvalue weighted by Gasteiger charge is 2.44. The van der Waals surface area contributed by atoms with Gasteiger partial charge in [-0.15, -0.1) is 0 Å². The van der Waals surface area contributed by atoms with E-state index in [1.807, 2.05) is 28.8 Å². The topological polar surface area (TPSA) is 64.6 Å². The van der Waals surface area contributed by atoms with Crippen LogP contribution in [0.4, 0.5) is 24.5 Å². The Balaban J connectivity index is 1.76. The lowest BCUT2D eigenvalue weighted by atomic mass is 9.93. The summed E-state index contributed by atoms with van der Waals surface area (Å²) in [4.78, 5) is 14.2. The smallest absolute Gasteiger partial charge is 0.256 e. The Kier molecular flexibility index (Phi) is 7.53. The maximum Gasteiger partial charge on any atom is 0.256 e. The Hall–Kier alpha value is -1.50. The van der Waals surface area contributed by atoms with E-state index >= 15 is 0 Å². The Morgan fingerprint density at radius 2 is 1.97 bits per heavy atom. The standard InChI is InChI=1S/C20H21F3IN3O2S/c1-30-7-6-25-9-20(29)10-27(11-20)19(28)13-3-4-14(21)17(23)18(13)26-16-5-2-12(24)8-15(16)22/h2-5,8,25-26,29H,6-7,9-11H2,1H3. The predicted molar refractivity (Wildman–Crippen MR) is 121 cm³/mol. The van der Waals surface area contributed by atoms with E-state index in [0.717, 1.165) is 24.4 Å². The number of amides is 1. The minimum atomic E-state index is -1.27. The fraction of sp³-hybridized carbons (Fsp3) is 0.350. The summed E-state index contributed by atoms with van der Waals surface area (Å²) in [5.41, 5.74) is -1.72. The molecule has 0 unspecified atom stereocenters. The van der Waals surface area contributed by atoms with Gasteiger partial charge in [0.25, 0.3) is 5.91 Å². The molecule has 2 aromatic rings. The minimum absolute atomic E-state index is 0.0639. The number of carbonyl (C=O) groups excluding carboxylic acids is 1. The number of thioether (sulfide) groups is 1. The van der Waals surface area contributed by atoms with E-state index in [4.69, 9.17) is 0 Å². The van der Waals surface area contributed by atoms with Crippen LogP contribution in [0.1, 0.15) is 10.4 Å². The van der Waals surface area contributed by atoms with E-state index in [9.17, 15) is 23.1 Å². The molecule has 0 atom stereocenters. The molecule has 3 N–H and O–H groups in total. The highest BCUT2D eigenvalue weighted by molar-refractivity contribution is 14.1. The molecule has 0 saturated carbocycles. The number of hydrogen-bond acceptors (Lipinski definition) is 5. The predicted octanol–water partition coefficient (Wildman–Crippen LogP) is 3.59. The van der Waals surface area contributed by atoms with Crippen LogP contribution in [0.25, 0.3) is 0 Å². The number of nitrogens with zero attached hydrogens (tertiary/aromatic N) is 1. The first-order valence-electron chi connectivity index (χ1n) is 9.15. The molecule has 2 aromatic carbocycles. The fourth-order valence-corrected chi connectivity index (χ4v) is 3.96. The van der Waals surface area contributed by atoms with E-state index in [1.165, 1.54) is 17.0 Å². The van der Waals surface area contributed by atoms with Crippen LogP contribution in [0.3, 0.4) is 0 Å². The van der Waals surface area contributed by atoms with Gasteiger partial charge < -0.3 is 20.6 Å². The lowest BCUT2D eigenvalue weighted by Crippen LogP contribution is -2.67. The second kappa shape index (κ2) is 9.75. The minimum Gasteiger partial charge on any atom is -0.385 e. The van der Waals surface area contributed by atoms with Gasteiger partial charge in [-0.2, -0.15) is 11.8 Å². The summed E-state index contributed by atoms with van der Waals surface area (Å²) in [6.07, 6.45) is 1.98. The SMILES string of the molecule is CSCCNCC1(O)CN(C(=O)c2ccc(F)c(F)c2Nc2ccc(I)cc2F)C1. The molecule has 0 radical (unpaired) electrons. The van der Waals surface area contributed by atoms with Crippen molar-refractivity contribution in [3.8, 4) is 0 Å². The zero-order chi connectivity index (χ0) is 21.9. The number of halogens is 4. The first-order valence-corrected chi connectivity index (χ1v) is 11.6. The molecular formula is C20H21F3IN3O2S. The van der Waals surface area contributed by atoms with Crippen LogP contribution >= 0.6 is 34.4 Å². The van der Waals surface area contributed by atoms with Gasteiger partial charge in [0.15, 0.2) is 11.6 Å². The average molecular weight is 551 g/mol. The molecule has 1 saturated heterocycles. The Morgan fingerprint density at radius 3 is 2.63 bits per heavy atom.